The Morgan fingerprint density at radius 2 is 1.93 bits per heavy atom. The van der Waals surface area contributed by atoms with Crippen LogP contribution in [0, 0.1) is 5.82 Å². The molecule has 2 heterocycles. The number of aryl methyl sites for hydroxylation is 2. The Balaban J connectivity index is 1.33. The lowest BCUT2D eigenvalue weighted by Crippen LogP contribution is -2.15. The molecule has 148 valence electrons. The van der Waals surface area contributed by atoms with Gasteiger partial charge in [0.15, 0.2) is 0 Å². The summed E-state index contributed by atoms with van der Waals surface area (Å²) in [5.74, 6) is 0.961. The largest absolute Gasteiger partial charge is 0.339 e. The summed E-state index contributed by atoms with van der Waals surface area (Å²) in [6.07, 6.45) is 1.34. The van der Waals surface area contributed by atoms with Gasteiger partial charge in [0.25, 0.3) is 0 Å². The molecule has 0 unspecified atom stereocenters. The third kappa shape index (κ3) is 4.16. The Bertz CT molecular complexity index is 1130. The van der Waals surface area contributed by atoms with Crippen LogP contribution in [0.4, 0.5) is 10.3 Å². The van der Waals surface area contributed by atoms with Gasteiger partial charge in [0.2, 0.25) is 23.6 Å². The molecule has 29 heavy (non-hydrogen) atoms. The molecule has 0 radical (unpaired) electrons. The molecule has 2 aromatic heterocycles. The first-order valence-corrected chi connectivity index (χ1v) is 9.47. The van der Waals surface area contributed by atoms with E-state index in [4.69, 9.17) is 4.52 Å². The number of fused-ring (bicyclic) bond motifs is 1. The van der Waals surface area contributed by atoms with Gasteiger partial charge < -0.3 is 9.09 Å². The second-order valence-corrected chi connectivity index (χ2v) is 6.59. The number of carbonyl (C=O) groups excluding carboxylic acids is 1. The van der Waals surface area contributed by atoms with E-state index in [2.05, 4.69) is 20.4 Å². The highest BCUT2D eigenvalue weighted by atomic mass is 19.1. The monoisotopic (exact) mass is 393 g/mol. The number of carbonyl (C=O) groups is 1. The maximum atomic E-state index is 13.0. The smallest absolute Gasteiger partial charge is 0.226 e. The third-order valence-corrected chi connectivity index (χ3v) is 4.59. The predicted molar refractivity (Wildman–Crippen MR) is 107 cm³/mol. The Hall–Kier alpha value is -3.55. The molecule has 4 rings (SSSR count). The highest BCUT2D eigenvalue weighted by Crippen LogP contribution is 2.20. The van der Waals surface area contributed by atoms with E-state index in [1.165, 1.54) is 12.1 Å². The zero-order valence-electron chi connectivity index (χ0n) is 15.9. The number of imidazole rings is 1. The summed E-state index contributed by atoms with van der Waals surface area (Å²) in [6, 6.07) is 13.7. The second kappa shape index (κ2) is 8.22. The molecule has 0 bridgehead atoms. The number of aromatic nitrogens is 4. The highest BCUT2D eigenvalue weighted by Gasteiger charge is 2.13. The molecule has 0 saturated carbocycles. The van der Waals surface area contributed by atoms with E-state index in [0.717, 1.165) is 11.0 Å². The van der Waals surface area contributed by atoms with Crippen molar-refractivity contribution in [3.8, 4) is 11.4 Å². The molecule has 0 aliphatic heterocycles. The van der Waals surface area contributed by atoms with E-state index in [0.29, 0.717) is 49.0 Å². The Morgan fingerprint density at radius 3 is 2.72 bits per heavy atom. The number of nitrogens with zero attached hydrogens (tertiary/aromatic N) is 4. The summed E-state index contributed by atoms with van der Waals surface area (Å²) in [5, 5.41) is 6.79. The molecular weight excluding hydrogens is 373 g/mol. The number of benzene rings is 2. The summed E-state index contributed by atoms with van der Waals surface area (Å²) in [7, 11) is 0. The van der Waals surface area contributed by atoms with Crippen LogP contribution >= 0.6 is 0 Å². The maximum Gasteiger partial charge on any atom is 0.226 e. The summed E-state index contributed by atoms with van der Waals surface area (Å²) in [4.78, 5) is 21.1. The summed E-state index contributed by atoms with van der Waals surface area (Å²) >= 11 is 0. The van der Waals surface area contributed by atoms with E-state index in [9.17, 15) is 9.18 Å². The Kier molecular flexibility index (Phi) is 5.33. The van der Waals surface area contributed by atoms with Crippen LogP contribution in [0.25, 0.3) is 22.4 Å². The van der Waals surface area contributed by atoms with Gasteiger partial charge in [-0.2, -0.15) is 4.98 Å². The fourth-order valence-electron chi connectivity index (χ4n) is 3.15. The van der Waals surface area contributed by atoms with Gasteiger partial charge in [-0.05, 0) is 49.7 Å². The van der Waals surface area contributed by atoms with Crippen LogP contribution in [0.3, 0.4) is 0 Å². The van der Waals surface area contributed by atoms with Gasteiger partial charge in [0.05, 0.1) is 11.0 Å². The maximum absolute atomic E-state index is 13.0. The van der Waals surface area contributed by atoms with Crippen molar-refractivity contribution in [1.29, 1.82) is 0 Å². The molecule has 1 N–H and O–H groups in total. The van der Waals surface area contributed by atoms with Crippen LogP contribution in [0.5, 0.6) is 0 Å². The Morgan fingerprint density at radius 1 is 1.14 bits per heavy atom. The average Bonchev–Trinajstić information content (AvgIpc) is 3.32. The van der Waals surface area contributed by atoms with Gasteiger partial charge in [-0.15, -0.1) is 0 Å². The number of hydrogen-bond acceptors (Lipinski definition) is 5. The molecule has 8 heteroatoms. The van der Waals surface area contributed by atoms with Crippen LogP contribution in [0.2, 0.25) is 0 Å². The number of amides is 1. The third-order valence-electron chi connectivity index (χ3n) is 4.59. The lowest BCUT2D eigenvalue weighted by Gasteiger charge is -2.07. The normalized spacial score (nSPS) is 11.1. The van der Waals surface area contributed by atoms with E-state index in [1.807, 2.05) is 35.8 Å². The van der Waals surface area contributed by atoms with Gasteiger partial charge in [0, 0.05) is 24.9 Å². The number of rotatable bonds is 7. The van der Waals surface area contributed by atoms with Crippen molar-refractivity contribution in [3.63, 3.8) is 0 Å². The predicted octanol–water partition coefficient (Wildman–Crippen LogP) is 4.21. The van der Waals surface area contributed by atoms with Gasteiger partial charge in [-0.25, -0.2) is 9.37 Å². The van der Waals surface area contributed by atoms with Gasteiger partial charge >= 0.3 is 0 Å². The lowest BCUT2D eigenvalue weighted by atomic mass is 10.2. The quantitative estimate of drug-likeness (QED) is 0.508. The number of para-hydroxylation sites is 2. The topological polar surface area (TPSA) is 85.8 Å². The fourth-order valence-corrected chi connectivity index (χ4v) is 3.15. The second-order valence-electron chi connectivity index (χ2n) is 6.59. The van der Waals surface area contributed by atoms with Crippen molar-refractivity contribution < 1.29 is 13.7 Å². The summed E-state index contributed by atoms with van der Waals surface area (Å²) in [5.41, 5.74) is 2.52. The first kappa shape index (κ1) is 18.8. The highest BCUT2D eigenvalue weighted by molar-refractivity contribution is 5.91. The van der Waals surface area contributed by atoms with Crippen molar-refractivity contribution in [2.24, 2.45) is 0 Å². The molecule has 4 aromatic rings. The minimum Gasteiger partial charge on any atom is -0.339 e. The molecule has 0 fully saturated rings. The molecule has 0 aliphatic rings. The molecule has 2 aromatic carbocycles. The first-order chi connectivity index (χ1) is 14.1. The lowest BCUT2D eigenvalue weighted by molar-refractivity contribution is -0.116. The molecule has 0 aliphatic carbocycles. The molecule has 0 atom stereocenters. The van der Waals surface area contributed by atoms with Crippen molar-refractivity contribution >= 4 is 22.9 Å². The van der Waals surface area contributed by atoms with Gasteiger partial charge in [-0.1, -0.05) is 17.3 Å². The average molecular weight is 393 g/mol. The number of anilines is 1. The zero-order chi connectivity index (χ0) is 20.2. The standard InChI is InChI=1S/C21H20FN5O2/c1-2-27-17-7-4-3-6-16(17)23-21(27)24-18(28)8-5-9-19-25-20(26-29-19)14-10-12-15(22)13-11-14/h3-4,6-7,10-13H,2,5,8-9H2,1H3,(H,23,24,28). The van der Waals surface area contributed by atoms with Gasteiger partial charge in [-0.3, -0.25) is 10.1 Å². The summed E-state index contributed by atoms with van der Waals surface area (Å²) in [6.45, 7) is 2.72. The number of halogens is 1. The zero-order valence-corrected chi connectivity index (χ0v) is 15.9. The molecule has 0 spiro atoms. The van der Waals surface area contributed by atoms with Crippen molar-refractivity contribution in [2.75, 3.05) is 5.32 Å². The van der Waals surface area contributed by atoms with Crippen LogP contribution in [-0.4, -0.2) is 25.6 Å². The van der Waals surface area contributed by atoms with Crippen molar-refractivity contribution in [3.05, 3.63) is 60.2 Å². The molecule has 7 nitrogen and oxygen atoms in total. The van der Waals surface area contributed by atoms with E-state index >= 15 is 0 Å². The molecule has 0 saturated heterocycles. The van der Waals surface area contributed by atoms with Gasteiger partial charge in [0.1, 0.15) is 5.82 Å². The van der Waals surface area contributed by atoms with Crippen LogP contribution in [0.1, 0.15) is 25.7 Å². The van der Waals surface area contributed by atoms with E-state index < -0.39 is 0 Å². The van der Waals surface area contributed by atoms with E-state index in [1.54, 1.807) is 12.1 Å². The van der Waals surface area contributed by atoms with Crippen molar-refractivity contribution in [2.45, 2.75) is 32.7 Å². The minimum absolute atomic E-state index is 0.117. The van der Waals surface area contributed by atoms with Crippen LogP contribution < -0.4 is 5.32 Å². The van der Waals surface area contributed by atoms with Crippen LogP contribution in [0.15, 0.2) is 53.1 Å². The molecule has 1 amide bonds. The fraction of sp³-hybridized carbons (Fsp3) is 0.238. The number of nitrogens with one attached hydrogen (secondary N) is 1. The SMILES string of the molecule is CCn1c(NC(=O)CCCc2nc(-c3ccc(F)cc3)no2)nc2ccccc21. The minimum atomic E-state index is -0.319. The van der Waals surface area contributed by atoms with E-state index in [-0.39, 0.29) is 11.7 Å². The van der Waals surface area contributed by atoms with Crippen molar-refractivity contribution in [1.82, 2.24) is 19.7 Å². The number of hydrogen-bond donors (Lipinski definition) is 1. The summed E-state index contributed by atoms with van der Waals surface area (Å²) < 4.78 is 20.2. The molecular formula is C21H20FN5O2. The Labute approximate surface area is 166 Å². The van der Waals surface area contributed by atoms with Crippen LogP contribution in [-0.2, 0) is 17.8 Å². The first-order valence-electron chi connectivity index (χ1n) is 9.47.